The van der Waals surface area contributed by atoms with E-state index >= 15 is 0 Å². The van der Waals surface area contributed by atoms with Crippen molar-refractivity contribution in [1.82, 2.24) is 19.9 Å². The Hall–Kier alpha value is -3.48. The summed E-state index contributed by atoms with van der Waals surface area (Å²) in [6, 6.07) is 7.52. The third kappa shape index (κ3) is 4.42. The van der Waals surface area contributed by atoms with Crippen LogP contribution in [-0.4, -0.2) is 46.0 Å². The number of methoxy groups -OCH3 is 1. The normalized spacial score (nSPS) is 15.6. The van der Waals surface area contributed by atoms with Crippen LogP contribution in [-0.2, 0) is 4.79 Å². The molecule has 4 rings (SSSR count). The Labute approximate surface area is 188 Å². The van der Waals surface area contributed by atoms with Crippen LogP contribution in [0.3, 0.4) is 0 Å². The Morgan fingerprint density at radius 3 is 2.75 bits per heavy atom. The van der Waals surface area contributed by atoms with Gasteiger partial charge in [0, 0.05) is 30.7 Å². The molecule has 1 aliphatic rings. The second-order valence-corrected chi connectivity index (χ2v) is 8.09. The van der Waals surface area contributed by atoms with Gasteiger partial charge in [-0.15, -0.1) is 0 Å². The van der Waals surface area contributed by atoms with Crippen molar-refractivity contribution >= 4 is 5.91 Å². The summed E-state index contributed by atoms with van der Waals surface area (Å²) in [6.45, 7) is 6.50. The summed E-state index contributed by atoms with van der Waals surface area (Å²) in [7, 11) is 1.60. The topological polar surface area (TPSA) is 77.4 Å². The Morgan fingerprint density at radius 2 is 1.97 bits per heavy atom. The van der Waals surface area contributed by atoms with Crippen molar-refractivity contribution in [1.29, 1.82) is 0 Å². The van der Waals surface area contributed by atoms with Gasteiger partial charge in [-0.25, -0.2) is 9.97 Å². The molecule has 0 saturated carbocycles. The Bertz CT molecular complexity index is 1130. The van der Waals surface area contributed by atoms with Gasteiger partial charge in [0.05, 0.1) is 18.8 Å². The first-order valence-corrected chi connectivity index (χ1v) is 10.8. The molecule has 7 heteroatoms. The van der Waals surface area contributed by atoms with Gasteiger partial charge in [0.2, 0.25) is 0 Å². The summed E-state index contributed by atoms with van der Waals surface area (Å²) in [4.78, 5) is 28.5. The molecule has 0 N–H and O–H groups in total. The summed E-state index contributed by atoms with van der Waals surface area (Å²) in [5.41, 5.74) is 4.98. The van der Waals surface area contributed by atoms with Crippen LogP contribution in [0.15, 0.2) is 42.9 Å². The van der Waals surface area contributed by atoms with E-state index in [0.29, 0.717) is 23.9 Å². The molecule has 1 amide bonds. The van der Waals surface area contributed by atoms with E-state index in [-0.39, 0.29) is 18.6 Å². The van der Waals surface area contributed by atoms with E-state index in [9.17, 15) is 4.79 Å². The number of pyridine rings is 1. The number of amides is 1. The molecular formula is C25H28N4O3. The lowest BCUT2D eigenvalue weighted by Crippen LogP contribution is -2.35. The summed E-state index contributed by atoms with van der Waals surface area (Å²) in [6.07, 6.45) is 7.23. The third-order valence-electron chi connectivity index (χ3n) is 5.81. The maximum atomic E-state index is 13.2. The van der Waals surface area contributed by atoms with Gasteiger partial charge in [-0.05, 0) is 68.5 Å². The van der Waals surface area contributed by atoms with E-state index in [1.54, 1.807) is 13.3 Å². The molecule has 0 bridgehead atoms. The number of aryl methyl sites for hydroxylation is 3. The van der Waals surface area contributed by atoms with Gasteiger partial charge in [-0.1, -0.05) is 6.07 Å². The maximum Gasteiger partial charge on any atom is 0.261 e. The van der Waals surface area contributed by atoms with E-state index < -0.39 is 0 Å². The zero-order valence-corrected chi connectivity index (χ0v) is 19.0. The highest BCUT2D eigenvalue weighted by molar-refractivity contribution is 5.79. The summed E-state index contributed by atoms with van der Waals surface area (Å²) < 4.78 is 11.2. The molecule has 0 unspecified atom stereocenters. The predicted octanol–water partition coefficient (Wildman–Crippen LogP) is 4.21. The fourth-order valence-electron chi connectivity index (χ4n) is 4.19. The van der Waals surface area contributed by atoms with E-state index in [1.165, 1.54) is 0 Å². The molecule has 1 atom stereocenters. The smallest absolute Gasteiger partial charge is 0.261 e. The van der Waals surface area contributed by atoms with Crippen LogP contribution in [0.5, 0.6) is 11.5 Å². The number of carbonyl (C=O) groups is 1. The zero-order valence-electron chi connectivity index (χ0n) is 19.0. The molecule has 1 saturated heterocycles. The quantitative estimate of drug-likeness (QED) is 0.581. The Morgan fingerprint density at radius 1 is 1.12 bits per heavy atom. The van der Waals surface area contributed by atoms with Crippen molar-refractivity contribution in [3.05, 3.63) is 65.5 Å². The van der Waals surface area contributed by atoms with Gasteiger partial charge in [0.25, 0.3) is 5.91 Å². The molecule has 0 spiro atoms. The van der Waals surface area contributed by atoms with Gasteiger partial charge in [0.15, 0.2) is 18.1 Å². The number of hydrogen-bond donors (Lipinski definition) is 0. The number of carbonyl (C=O) groups excluding carboxylic acids is 1. The van der Waals surface area contributed by atoms with Gasteiger partial charge in [-0.2, -0.15) is 0 Å². The molecule has 166 valence electrons. The SMILES string of the molecule is COc1cc(C)ccc1OCC(=O)N1CCC[C@@H]1c1nc(C)ncc1-c1ccncc1C. The largest absolute Gasteiger partial charge is 0.493 e. The second-order valence-electron chi connectivity index (χ2n) is 8.09. The van der Waals surface area contributed by atoms with Crippen molar-refractivity contribution in [3.8, 4) is 22.6 Å². The van der Waals surface area contributed by atoms with E-state index in [1.807, 2.05) is 62.3 Å². The number of benzene rings is 1. The second kappa shape index (κ2) is 9.34. The van der Waals surface area contributed by atoms with Crippen molar-refractivity contribution in [2.24, 2.45) is 0 Å². The highest BCUT2D eigenvalue weighted by Gasteiger charge is 2.33. The highest BCUT2D eigenvalue weighted by Crippen LogP contribution is 2.37. The zero-order chi connectivity index (χ0) is 22.7. The van der Waals surface area contributed by atoms with Crippen molar-refractivity contribution in [2.45, 2.75) is 39.7 Å². The van der Waals surface area contributed by atoms with Crippen LogP contribution in [0, 0.1) is 20.8 Å². The van der Waals surface area contributed by atoms with Crippen LogP contribution in [0.1, 0.15) is 41.5 Å². The predicted molar refractivity (Wildman–Crippen MR) is 122 cm³/mol. The number of hydrogen-bond acceptors (Lipinski definition) is 6. The minimum atomic E-state index is -0.115. The van der Waals surface area contributed by atoms with Crippen LogP contribution >= 0.6 is 0 Å². The summed E-state index contributed by atoms with van der Waals surface area (Å²) >= 11 is 0. The van der Waals surface area contributed by atoms with Crippen LogP contribution in [0.2, 0.25) is 0 Å². The molecule has 1 fully saturated rings. The first-order chi connectivity index (χ1) is 15.5. The molecule has 1 aromatic carbocycles. The molecule has 0 aliphatic carbocycles. The average Bonchev–Trinajstić information content (AvgIpc) is 3.28. The van der Waals surface area contributed by atoms with Gasteiger partial charge >= 0.3 is 0 Å². The van der Waals surface area contributed by atoms with Crippen LogP contribution in [0.4, 0.5) is 0 Å². The van der Waals surface area contributed by atoms with Crippen LogP contribution < -0.4 is 9.47 Å². The molecule has 32 heavy (non-hydrogen) atoms. The molecule has 3 heterocycles. The van der Waals surface area contributed by atoms with E-state index in [0.717, 1.165) is 40.8 Å². The standard InChI is InChI=1S/C25H28N4O3/c1-16-7-8-22(23(12-16)31-4)32-15-24(30)29-11-5-6-21(29)25-20(14-27-18(3)28-25)19-9-10-26-13-17(19)2/h7-10,12-14,21H,5-6,11,15H2,1-4H3/t21-/m1/s1. The first-order valence-electron chi connectivity index (χ1n) is 10.8. The third-order valence-corrected chi connectivity index (χ3v) is 5.81. The van der Waals surface area contributed by atoms with Crippen molar-refractivity contribution in [3.63, 3.8) is 0 Å². The maximum absolute atomic E-state index is 13.2. The van der Waals surface area contributed by atoms with Gasteiger partial charge in [0.1, 0.15) is 5.82 Å². The van der Waals surface area contributed by atoms with Crippen LogP contribution in [0.25, 0.3) is 11.1 Å². The summed E-state index contributed by atoms with van der Waals surface area (Å²) in [5.74, 6) is 1.81. The number of rotatable bonds is 6. The minimum Gasteiger partial charge on any atom is -0.493 e. The lowest BCUT2D eigenvalue weighted by atomic mass is 9.97. The Balaban J connectivity index is 1.59. The molecular weight excluding hydrogens is 404 g/mol. The van der Waals surface area contributed by atoms with Gasteiger partial charge < -0.3 is 14.4 Å². The highest BCUT2D eigenvalue weighted by atomic mass is 16.5. The first kappa shape index (κ1) is 21.7. The summed E-state index contributed by atoms with van der Waals surface area (Å²) in [5, 5.41) is 0. The lowest BCUT2D eigenvalue weighted by molar-refractivity contribution is -0.134. The number of nitrogens with zero attached hydrogens (tertiary/aromatic N) is 4. The fourth-order valence-corrected chi connectivity index (χ4v) is 4.19. The van der Waals surface area contributed by atoms with E-state index in [4.69, 9.17) is 14.5 Å². The van der Waals surface area contributed by atoms with Crippen molar-refractivity contribution < 1.29 is 14.3 Å². The minimum absolute atomic E-state index is 0.0520. The van der Waals surface area contributed by atoms with Gasteiger partial charge in [-0.3, -0.25) is 9.78 Å². The molecule has 2 aromatic heterocycles. The van der Waals surface area contributed by atoms with E-state index in [2.05, 4.69) is 9.97 Å². The molecule has 1 aliphatic heterocycles. The number of ether oxygens (including phenoxy) is 2. The number of likely N-dealkylation sites (tertiary alicyclic amines) is 1. The molecule has 0 radical (unpaired) electrons. The fraction of sp³-hybridized carbons (Fsp3) is 0.360. The number of aromatic nitrogens is 3. The lowest BCUT2D eigenvalue weighted by Gasteiger charge is -2.26. The Kier molecular flexibility index (Phi) is 6.35. The molecule has 3 aromatic rings. The molecule has 7 nitrogen and oxygen atoms in total. The average molecular weight is 433 g/mol. The van der Waals surface area contributed by atoms with Crippen molar-refractivity contribution in [2.75, 3.05) is 20.3 Å². The monoisotopic (exact) mass is 432 g/mol.